The lowest BCUT2D eigenvalue weighted by Crippen LogP contribution is -2.17. The summed E-state index contributed by atoms with van der Waals surface area (Å²) in [4.78, 5) is 11.3. The molecular formula is C13H18O2. The van der Waals surface area contributed by atoms with Gasteiger partial charge in [-0.25, -0.2) is 4.79 Å². The maximum atomic E-state index is 11.3. The van der Waals surface area contributed by atoms with E-state index in [-0.39, 0.29) is 11.4 Å². The molecule has 1 aliphatic rings. The summed E-state index contributed by atoms with van der Waals surface area (Å²) in [7, 11) is 1.40. The fourth-order valence-electron chi connectivity index (χ4n) is 1.38. The standard InChI is InChI=1S/C13H18O2/c1-10(2)13(3)8-5-6-11(7-9-13)12(14)15-4/h5-10H,1-4H3. The van der Waals surface area contributed by atoms with Gasteiger partial charge in [0.25, 0.3) is 0 Å². The summed E-state index contributed by atoms with van der Waals surface area (Å²) >= 11 is 0. The Morgan fingerprint density at radius 3 is 2.60 bits per heavy atom. The first-order valence-corrected chi connectivity index (χ1v) is 5.16. The van der Waals surface area contributed by atoms with Crippen LogP contribution in [0.15, 0.2) is 36.0 Å². The van der Waals surface area contributed by atoms with Crippen LogP contribution in [0.25, 0.3) is 0 Å². The lowest BCUT2D eigenvalue weighted by molar-refractivity contribution is -0.135. The number of carbonyl (C=O) groups is 1. The number of methoxy groups -OCH3 is 1. The first-order valence-electron chi connectivity index (χ1n) is 5.16. The van der Waals surface area contributed by atoms with Crippen molar-refractivity contribution in [1.29, 1.82) is 0 Å². The van der Waals surface area contributed by atoms with Crippen molar-refractivity contribution in [1.82, 2.24) is 0 Å². The second-order valence-corrected chi connectivity index (χ2v) is 4.33. The molecule has 0 aromatic carbocycles. The molecular weight excluding hydrogens is 188 g/mol. The van der Waals surface area contributed by atoms with Crippen LogP contribution >= 0.6 is 0 Å². The minimum atomic E-state index is -0.288. The number of ether oxygens (including phenoxy) is 1. The fraction of sp³-hybridized carbons (Fsp3) is 0.462. The quantitative estimate of drug-likeness (QED) is 0.649. The monoisotopic (exact) mass is 206 g/mol. The van der Waals surface area contributed by atoms with E-state index in [1.165, 1.54) is 7.11 Å². The Kier molecular flexibility index (Phi) is 3.51. The van der Waals surface area contributed by atoms with Crippen molar-refractivity contribution in [3.8, 4) is 0 Å². The van der Waals surface area contributed by atoms with Gasteiger partial charge in [0.1, 0.15) is 0 Å². The van der Waals surface area contributed by atoms with Crippen LogP contribution in [0.2, 0.25) is 0 Å². The van der Waals surface area contributed by atoms with Crippen molar-refractivity contribution in [2.24, 2.45) is 11.3 Å². The molecule has 0 aliphatic heterocycles. The molecule has 0 aromatic heterocycles. The number of carbonyl (C=O) groups excluding carboxylic acids is 1. The molecule has 2 heteroatoms. The van der Waals surface area contributed by atoms with Crippen molar-refractivity contribution >= 4 is 5.97 Å². The van der Waals surface area contributed by atoms with Crippen molar-refractivity contribution in [3.63, 3.8) is 0 Å². The number of esters is 1. The molecule has 0 aromatic rings. The number of hydrogen-bond donors (Lipinski definition) is 0. The highest BCUT2D eigenvalue weighted by Crippen LogP contribution is 2.32. The molecule has 0 radical (unpaired) electrons. The average Bonchev–Trinajstić information content (AvgIpc) is 2.40. The van der Waals surface area contributed by atoms with E-state index in [0.29, 0.717) is 11.5 Å². The molecule has 0 bridgehead atoms. The third kappa shape index (κ3) is 2.58. The summed E-state index contributed by atoms with van der Waals surface area (Å²) in [5, 5.41) is 0. The van der Waals surface area contributed by atoms with Crippen molar-refractivity contribution in [2.75, 3.05) is 7.11 Å². The van der Waals surface area contributed by atoms with Gasteiger partial charge in [-0.1, -0.05) is 45.1 Å². The van der Waals surface area contributed by atoms with Crippen molar-refractivity contribution in [3.05, 3.63) is 36.0 Å². The van der Waals surface area contributed by atoms with Gasteiger partial charge in [-0.2, -0.15) is 0 Å². The molecule has 0 heterocycles. The Morgan fingerprint density at radius 1 is 1.40 bits per heavy atom. The van der Waals surface area contributed by atoms with Gasteiger partial charge in [0.05, 0.1) is 12.7 Å². The van der Waals surface area contributed by atoms with E-state index in [9.17, 15) is 4.79 Å². The topological polar surface area (TPSA) is 26.3 Å². The second-order valence-electron chi connectivity index (χ2n) is 4.33. The highest BCUT2D eigenvalue weighted by atomic mass is 16.5. The number of allylic oxidation sites excluding steroid dienone is 4. The second kappa shape index (κ2) is 4.47. The largest absolute Gasteiger partial charge is 0.465 e. The minimum Gasteiger partial charge on any atom is -0.465 e. The lowest BCUT2D eigenvalue weighted by atomic mass is 9.79. The van der Waals surface area contributed by atoms with Crippen LogP contribution in [0.1, 0.15) is 20.8 Å². The Hall–Kier alpha value is -1.31. The Balaban J connectivity index is 2.94. The Labute approximate surface area is 91.3 Å². The van der Waals surface area contributed by atoms with Gasteiger partial charge in [0.2, 0.25) is 0 Å². The van der Waals surface area contributed by atoms with E-state index in [1.54, 1.807) is 6.08 Å². The van der Waals surface area contributed by atoms with Crippen LogP contribution in [-0.4, -0.2) is 13.1 Å². The minimum absolute atomic E-state index is 0.00622. The molecule has 1 atom stereocenters. The highest BCUT2D eigenvalue weighted by Gasteiger charge is 2.23. The maximum Gasteiger partial charge on any atom is 0.337 e. The van der Waals surface area contributed by atoms with Gasteiger partial charge in [-0.15, -0.1) is 0 Å². The lowest BCUT2D eigenvalue weighted by Gasteiger charge is -2.26. The van der Waals surface area contributed by atoms with Crippen LogP contribution in [0.4, 0.5) is 0 Å². The third-order valence-electron chi connectivity index (χ3n) is 3.02. The van der Waals surface area contributed by atoms with Gasteiger partial charge in [0.15, 0.2) is 0 Å². The number of hydrogen-bond acceptors (Lipinski definition) is 2. The van der Waals surface area contributed by atoms with Crippen LogP contribution in [0.3, 0.4) is 0 Å². The normalized spacial score (nSPS) is 25.0. The first kappa shape index (κ1) is 11.8. The van der Waals surface area contributed by atoms with E-state index < -0.39 is 0 Å². The highest BCUT2D eigenvalue weighted by molar-refractivity contribution is 5.92. The van der Waals surface area contributed by atoms with E-state index in [0.717, 1.165) is 0 Å². The molecule has 0 amide bonds. The number of rotatable bonds is 2. The smallest absolute Gasteiger partial charge is 0.337 e. The summed E-state index contributed by atoms with van der Waals surface area (Å²) in [6, 6.07) is 0. The molecule has 0 fully saturated rings. The van der Waals surface area contributed by atoms with E-state index in [1.807, 2.05) is 12.2 Å². The van der Waals surface area contributed by atoms with E-state index in [2.05, 4.69) is 37.7 Å². The van der Waals surface area contributed by atoms with Crippen LogP contribution in [0, 0.1) is 11.3 Å². The molecule has 1 aliphatic carbocycles. The molecule has 82 valence electrons. The van der Waals surface area contributed by atoms with Crippen LogP contribution in [-0.2, 0) is 9.53 Å². The van der Waals surface area contributed by atoms with Crippen LogP contribution < -0.4 is 0 Å². The molecule has 0 N–H and O–H groups in total. The zero-order chi connectivity index (χ0) is 11.5. The molecule has 0 spiro atoms. The average molecular weight is 206 g/mol. The third-order valence-corrected chi connectivity index (χ3v) is 3.02. The van der Waals surface area contributed by atoms with E-state index in [4.69, 9.17) is 0 Å². The van der Waals surface area contributed by atoms with Gasteiger partial charge >= 0.3 is 5.97 Å². The predicted octanol–water partition coefficient (Wildman–Crippen LogP) is 2.87. The van der Waals surface area contributed by atoms with Gasteiger partial charge in [0, 0.05) is 5.41 Å². The zero-order valence-corrected chi connectivity index (χ0v) is 9.78. The molecule has 1 rings (SSSR count). The van der Waals surface area contributed by atoms with Gasteiger partial charge in [-0.3, -0.25) is 0 Å². The first-order chi connectivity index (χ1) is 6.99. The predicted molar refractivity (Wildman–Crippen MR) is 61.3 cm³/mol. The summed E-state index contributed by atoms with van der Waals surface area (Å²) < 4.78 is 4.68. The zero-order valence-electron chi connectivity index (χ0n) is 9.78. The molecule has 15 heavy (non-hydrogen) atoms. The van der Waals surface area contributed by atoms with Crippen molar-refractivity contribution < 1.29 is 9.53 Å². The van der Waals surface area contributed by atoms with E-state index >= 15 is 0 Å². The summed E-state index contributed by atoms with van der Waals surface area (Å²) in [6.45, 7) is 6.48. The Morgan fingerprint density at radius 2 is 2.07 bits per heavy atom. The van der Waals surface area contributed by atoms with Crippen LogP contribution in [0.5, 0.6) is 0 Å². The molecule has 0 saturated heterocycles. The summed E-state index contributed by atoms with van der Waals surface area (Å²) in [5.74, 6) is 0.208. The fourth-order valence-corrected chi connectivity index (χ4v) is 1.38. The molecule has 2 nitrogen and oxygen atoms in total. The van der Waals surface area contributed by atoms with Gasteiger partial charge in [-0.05, 0) is 12.0 Å². The van der Waals surface area contributed by atoms with Gasteiger partial charge < -0.3 is 4.74 Å². The SMILES string of the molecule is COC(=O)C1=CC=CC(C)(C(C)C)C=C1. The molecule has 1 unspecified atom stereocenters. The maximum absolute atomic E-state index is 11.3. The molecule has 0 saturated carbocycles. The van der Waals surface area contributed by atoms with Crippen molar-refractivity contribution in [2.45, 2.75) is 20.8 Å². The Bertz CT molecular complexity index is 334. The summed E-state index contributed by atoms with van der Waals surface area (Å²) in [5.41, 5.74) is 0.602. The summed E-state index contributed by atoms with van der Waals surface area (Å²) in [6.07, 6.45) is 9.72.